The molecule has 0 aliphatic rings. The van der Waals surface area contributed by atoms with Gasteiger partial charge in [-0.2, -0.15) is 0 Å². The molecule has 4 heteroatoms. The molecule has 0 bridgehead atoms. The van der Waals surface area contributed by atoms with Gasteiger partial charge in [0.05, 0.1) is 6.61 Å². The zero-order valence-corrected chi connectivity index (χ0v) is 11.8. The third-order valence-electron chi connectivity index (χ3n) is 2.21. The third kappa shape index (κ3) is 2.55. The summed E-state index contributed by atoms with van der Waals surface area (Å²) in [4.78, 5) is 4.35. The van der Waals surface area contributed by atoms with Gasteiger partial charge in [0, 0.05) is 21.4 Å². The van der Waals surface area contributed by atoms with Crippen LogP contribution in [0.5, 0.6) is 5.75 Å². The number of halogens is 2. The molecule has 0 amide bonds. The lowest BCUT2D eigenvalue weighted by molar-refractivity contribution is 0.322. The van der Waals surface area contributed by atoms with Gasteiger partial charge in [0.15, 0.2) is 0 Å². The Hall–Kier alpha value is -0.610. The molecular formula is C12H11Br2NO. The van der Waals surface area contributed by atoms with Crippen LogP contribution in [0.2, 0.25) is 0 Å². The summed E-state index contributed by atoms with van der Waals surface area (Å²) in [6.07, 6.45) is 2.77. The van der Waals surface area contributed by atoms with E-state index in [4.69, 9.17) is 4.74 Å². The van der Waals surface area contributed by atoms with Crippen LogP contribution in [0.1, 0.15) is 6.42 Å². The molecule has 0 saturated heterocycles. The van der Waals surface area contributed by atoms with Gasteiger partial charge < -0.3 is 4.74 Å². The van der Waals surface area contributed by atoms with Crippen molar-refractivity contribution < 1.29 is 4.74 Å². The summed E-state index contributed by atoms with van der Waals surface area (Å²) in [6.45, 7) is 0.707. The second-order valence-corrected chi connectivity index (χ2v) is 4.98. The molecule has 2 aromatic rings. The molecule has 1 aromatic carbocycles. The van der Waals surface area contributed by atoms with E-state index in [9.17, 15) is 0 Å². The van der Waals surface area contributed by atoms with Gasteiger partial charge in [0.25, 0.3) is 0 Å². The lowest BCUT2D eigenvalue weighted by Gasteiger charge is -2.08. The summed E-state index contributed by atoms with van der Waals surface area (Å²) in [5.74, 6) is 0.847. The number of pyridine rings is 1. The van der Waals surface area contributed by atoms with Gasteiger partial charge in [0.2, 0.25) is 0 Å². The van der Waals surface area contributed by atoms with Crippen LogP contribution >= 0.6 is 31.9 Å². The number of nitrogens with zero attached hydrogens (tertiary/aromatic N) is 1. The van der Waals surface area contributed by atoms with Crippen LogP contribution < -0.4 is 4.74 Å². The normalized spacial score (nSPS) is 10.6. The Kier molecular flexibility index (Phi) is 4.18. The van der Waals surface area contributed by atoms with Crippen molar-refractivity contribution in [2.75, 3.05) is 11.9 Å². The molecule has 0 unspecified atom stereocenters. The van der Waals surface area contributed by atoms with Crippen LogP contribution in [0.25, 0.3) is 10.9 Å². The van der Waals surface area contributed by atoms with Crippen LogP contribution in [-0.4, -0.2) is 16.9 Å². The van der Waals surface area contributed by atoms with Crippen molar-refractivity contribution in [3.05, 3.63) is 34.9 Å². The molecule has 0 atom stereocenters. The Morgan fingerprint density at radius 3 is 2.94 bits per heavy atom. The molecule has 0 spiro atoms. The van der Waals surface area contributed by atoms with Crippen LogP contribution in [0.3, 0.4) is 0 Å². The van der Waals surface area contributed by atoms with Gasteiger partial charge in [-0.25, -0.2) is 0 Å². The van der Waals surface area contributed by atoms with E-state index in [1.54, 1.807) is 6.20 Å². The molecule has 0 aliphatic heterocycles. The SMILES string of the molecule is BrCCCOc1ccc(Br)c2cccnc12. The molecule has 0 N–H and O–H groups in total. The summed E-state index contributed by atoms with van der Waals surface area (Å²) in [5.41, 5.74) is 0.909. The van der Waals surface area contributed by atoms with Crippen molar-refractivity contribution >= 4 is 42.8 Å². The van der Waals surface area contributed by atoms with Gasteiger partial charge >= 0.3 is 0 Å². The molecule has 1 aromatic heterocycles. The topological polar surface area (TPSA) is 22.1 Å². The van der Waals surface area contributed by atoms with Gasteiger partial charge in [-0.15, -0.1) is 0 Å². The number of hydrogen-bond donors (Lipinski definition) is 0. The lowest BCUT2D eigenvalue weighted by Crippen LogP contribution is -1.98. The number of hydrogen-bond acceptors (Lipinski definition) is 2. The van der Waals surface area contributed by atoms with E-state index in [1.165, 1.54) is 0 Å². The average Bonchev–Trinajstić information content (AvgIpc) is 2.33. The highest BCUT2D eigenvalue weighted by Crippen LogP contribution is 2.29. The quantitative estimate of drug-likeness (QED) is 0.613. The maximum absolute atomic E-state index is 5.70. The number of fused-ring (bicyclic) bond motifs is 1. The molecule has 0 radical (unpaired) electrons. The predicted molar refractivity (Wildman–Crippen MR) is 73.3 cm³/mol. The van der Waals surface area contributed by atoms with E-state index >= 15 is 0 Å². The third-order valence-corrected chi connectivity index (χ3v) is 3.47. The van der Waals surface area contributed by atoms with E-state index in [-0.39, 0.29) is 0 Å². The molecular weight excluding hydrogens is 334 g/mol. The fourth-order valence-corrected chi connectivity index (χ4v) is 2.15. The van der Waals surface area contributed by atoms with Gasteiger partial charge in [-0.05, 0) is 24.6 Å². The van der Waals surface area contributed by atoms with E-state index in [0.29, 0.717) is 6.61 Å². The second-order valence-electron chi connectivity index (χ2n) is 3.34. The summed E-state index contributed by atoms with van der Waals surface area (Å²) in [5, 5.41) is 2.04. The first-order valence-corrected chi connectivity index (χ1v) is 6.96. The Morgan fingerprint density at radius 2 is 2.12 bits per heavy atom. The Morgan fingerprint density at radius 1 is 1.25 bits per heavy atom. The van der Waals surface area contributed by atoms with Gasteiger partial charge in [0.1, 0.15) is 11.3 Å². The fraction of sp³-hybridized carbons (Fsp3) is 0.250. The van der Waals surface area contributed by atoms with E-state index in [2.05, 4.69) is 36.8 Å². The first-order valence-electron chi connectivity index (χ1n) is 5.05. The maximum Gasteiger partial charge on any atom is 0.145 e. The van der Waals surface area contributed by atoms with Crippen LogP contribution in [0, 0.1) is 0 Å². The number of benzene rings is 1. The minimum absolute atomic E-state index is 0.707. The van der Waals surface area contributed by atoms with Crippen molar-refractivity contribution in [3.63, 3.8) is 0 Å². The standard InChI is InChI=1S/C12H11Br2NO/c13-6-2-8-16-11-5-4-10(14)9-3-1-7-15-12(9)11/h1,3-5,7H,2,6,8H2. The Bertz CT molecular complexity index is 487. The summed E-state index contributed by atoms with van der Waals surface area (Å²) < 4.78 is 6.75. The summed E-state index contributed by atoms with van der Waals surface area (Å²) in [7, 11) is 0. The largest absolute Gasteiger partial charge is 0.491 e. The monoisotopic (exact) mass is 343 g/mol. The highest BCUT2D eigenvalue weighted by atomic mass is 79.9. The highest BCUT2D eigenvalue weighted by Gasteiger charge is 2.05. The molecule has 2 rings (SSSR count). The molecule has 2 nitrogen and oxygen atoms in total. The van der Waals surface area contributed by atoms with Gasteiger partial charge in [-0.1, -0.05) is 37.9 Å². The first-order chi connectivity index (χ1) is 7.83. The number of alkyl halides is 1. The summed E-state index contributed by atoms with van der Waals surface area (Å²) in [6, 6.07) is 7.90. The minimum atomic E-state index is 0.707. The van der Waals surface area contributed by atoms with E-state index in [0.717, 1.165) is 32.9 Å². The molecule has 16 heavy (non-hydrogen) atoms. The fourth-order valence-electron chi connectivity index (χ4n) is 1.47. The minimum Gasteiger partial charge on any atom is -0.491 e. The van der Waals surface area contributed by atoms with Gasteiger partial charge in [-0.3, -0.25) is 4.98 Å². The van der Waals surface area contributed by atoms with Crippen molar-refractivity contribution in [1.29, 1.82) is 0 Å². The van der Waals surface area contributed by atoms with Crippen molar-refractivity contribution in [3.8, 4) is 5.75 Å². The zero-order valence-electron chi connectivity index (χ0n) is 8.62. The number of rotatable bonds is 4. The zero-order chi connectivity index (χ0) is 11.4. The number of ether oxygens (including phenoxy) is 1. The van der Waals surface area contributed by atoms with E-state index in [1.807, 2.05) is 24.3 Å². The summed E-state index contributed by atoms with van der Waals surface area (Å²) >= 11 is 6.89. The molecule has 0 aliphatic carbocycles. The smallest absolute Gasteiger partial charge is 0.145 e. The molecule has 0 saturated carbocycles. The lowest BCUT2D eigenvalue weighted by atomic mass is 10.2. The van der Waals surface area contributed by atoms with Crippen molar-refractivity contribution in [2.45, 2.75) is 6.42 Å². The van der Waals surface area contributed by atoms with Crippen LogP contribution in [-0.2, 0) is 0 Å². The Balaban J connectivity index is 2.35. The van der Waals surface area contributed by atoms with Crippen molar-refractivity contribution in [1.82, 2.24) is 4.98 Å². The highest BCUT2D eigenvalue weighted by molar-refractivity contribution is 9.10. The average molecular weight is 345 g/mol. The Labute approximate surface area is 111 Å². The van der Waals surface area contributed by atoms with Crippen LogP contribution in [0.4, 0.5) is 0 Å². The predicted octanol–water partition coefficient (Wildman–Crippen LogP) is 4.16. The molecule has 0 fully saturated rings. The molecule has 1 heterocycles. The van der Waals surface area contributed by atoms with E-state index < -0.39 is 0 Å². The maximum atomic E-state index is 5.70. The van der Waals surface area contributed by atoms with Crippen molar-refractivity contribution in [2.24, 2.45) is 0 Å². The number of aromatic nitrogens is 1. The molecule has 84 valence electrons. The second kappa shape index (κ2) is 5.64. The first kappa shape index (κ1) is 11.9. The van der Waals surface area contributed by atoms with Crippen LogP contribution in [0.15, 0.2) is 34.9 Å².